The van der Waals surface area contributed by atoms with Crippen LogP contribution < -0.4 is 0 Å². The van der Waals surface area contributed by atoms with Crippen molar-refractivity contribution in [3.63, 3.8) is 0 Å². The number of aromatic amines is 1. The van der Waals surface area contributed by atoms with Crippen molar-refractivity contribution in [2.45, 2.75) is 6.18 Å². The van der Waals surface area contributed by atoms with Crippen molar-refractivity contribution >= 4 is 18.4 Å². The number of benzene rings is 1. The summed E-state index contributed by atoms with van der Waals surface area (Å²) in [7, 11) is 0. The number of nitrogens with one attached hydrogen (secondary N) is 1. The van der Waals surface area contributed by atoms with Crippen molar-refractivity contribution in [3.8, 4) is 11.5 Å². The van der Waals surface area contributed by atoms with E-state index in [-0.39, 0.29) is 21.8 Å². The topological polar surface area (TPSA) is 86.4 Å². The zero-order valence-electron chi connectivity index (χ0n) is 9.59. The van der Waals surface area contributed by atoms with E-state index in [1.54, 1.807) is 0 Å². The summed E-state index contributed by atoms with van der Waals surface area (Å²) in [4.78, 5) is 0. The minimum absolute atomic E-state index is 0.110. The van der Waals surface area contributed by atoms with Gasteiger partial charge in [0.25, 0.3) is 5.82 Å². The number of hydrogen-bond acceptors (Lipinski definition) is 5. The molecular formula is C10H7F3N4O2S. The van der Waals surface area contributed by atoms with E-state index in [1.165, 1.54) is 12.1 Å². The SMILES string of the molecule is Oc1ccc(/C=N/n2c(C(F)(F)F)n[nH]c2=S)c(O)c1. The van der Waals surface area contributed by atoms with Gasteiger partial charge in [-0.1, -0.05) is 0 Å². The van der Waals surface area contributed by atoms with Gasteiger partial charge in [-0.15, -0.1) is 5.10 Å². The highest BCUT2D eigenvalue weighted by molar-refractivity contribution is 7.71. The molecule has 106 valence electrons. The van der Waals surface area contributed by atoms with Crippen LogP contribution in [0.3, 0.4) is 0 Å². The van der Waals surface area contributed by atoms with Crippen LogP contribution in [0.25, 0.3) is 0 Å². The molecule has 0 spiro atoms. The maximum absolute atomic E-state index is 12.6. The van der Waals surface area contributed by atoms with Crippen molar-refractivity contribution in [1.29, 1.82) is 0 Å². The van der Waals surface area contributed by atoms with Crippen LogP contribution in [0.2, 0.25) is 0 Å². The molecule has 0 unspecified atom stereocenters. The molecule has 0 saturated heterocycles. The highest BCUT2D eigenvalue weighted by Gasteiger charge is 2.37. The second-order valence-corrected chi connectivity index (χ2v) is 4.04. The Kier molecular flexibility index (Phi) is 3.49. The van der Waals surface area contributed by atoms with Gasteiger partial charge >= 0.3 is 6.18 Å². The molecule has 1 aromatic heterocycles. The Bertz CT molecular complexity index is 720. The number of aromatic nitrogens is 3. The third-order valence-electron chi connectivity index (χ3n) is 2.23. The van der Waals surface area contributed by atoms with Gasteiger partial charge in [0.05, 0.1) is 6.21 Å². The first kappa shape index (κ1) is 14.1. The minimum atomic E-state index is -4.72. The second kappa shape index (κ2) is 4.96. The Labute approximate surface area is 114 Å². The van der Waals surface area contributed by atoms with Gasteiger partial charge in [0.1, 0.15) is 11.5 Å². The predicted molar refractivity (Wildman–Crippen MR) is 65.2 cm³/mol. The largest absolute Gasteiger partial charge is 0.508 e. The van der Waals surface area contributed by atoms with Crippen molar-refractivity contribution in [2.75, 3.05) is 0 Å². The number of alkyl halides is 3. The summed E-state index contributed by atoms with van der Waals surface area (Å²) in [5.41, 5.74) is 0.110. The molecule has 6 nitrogen and oxygen atoms in total. The summed E-state index contributed by atoms with van der Waals surface area (Å²) < 4.78 is 37.9. The van der Waals surface area contributed by atoms with E-state index < -0.39 is 12.0 Å². The summed E-state index contributed by atoms with van der Waals surface area (Å²) >= 11 is 4.64. The number of hydrogen-bond donors (Lipinski definition) is 3. The quantitative estimate of drug-likeness (QED) is 0.586. The van der Waals surface area contributed by atoms with Gasteiger partial charge in [0, 0.05) is 11.6 Å². The summed E-state index contributed by atoms with van der Waals surface area (Å²) in [6.07, 6.45) is -3.75. The van der Waals surface area contributed by atoms with Crippen molar-refractivity contribution < 1.29 is 23.4 Å². The summed E-state index contributed by atoms with van der Waals surface area (Å²) in [5.74, 6) is -1.83. The van der Waals surface area contributed by atoms with Crippen LogP contribution in [0.15, 0.2) is 23.3 Å². The van der Waals surface area contributed by atoms with Gasteiger partial charge in [-0.3, -0.25) is 0 Å². The van der Waals surface area contributed by atoms with Crippen molar-refractivity contribution in [1.82, 2.24) is 14.9 Å². The minimum Gasteiger partial charge on any atom is -0.508 e. The van der Waals surface area contributed by atoms with Gasteiger partial charge in [0.2, 0.25) is 4.77 Å². The zero-order chi connectivity index (χ0) is 14.9. The van der Waals surface area contributed by atoms with E-state index in [0.29, 0.717) is 4.68 Å². The second-order valence-electron chi connectivity index (χ2n) is 3.65. The molecule has 0 radical (unpaired) electrons. The fourth-order valence-electron chi connectivity index (χ4n) is 1.34. The average Bonchev–Trinajstić information content (AvgIpc) is 2.69. The van der Waals surface area contributed by atoms with E-state index in [1.807, 2.05) is 5.10 Å². The molecule has 0 aliphatic carbocycles. The molecule has 0 fully saturated rings. The maximum Gasteiger partial charge on any atom is 0.453 e. The van der Waals surface area contributed by atoms with E-state index in [2.05, 4.69) is 22.4 Å². The molecule has 2 rings (SSSR count). The lowest BCUT2D eigenvalue weighted by Gasteiger charge is -2.04. The molecule has 0 aliphatic heterocycles. The summed E-state index contributed by atoms with van der Waals surface area (Å²) in [5, 5.41) is 27.1. The number of aromatic hydroxyl groups is 2. The summed E-state index contributed by atoms with van der Waals surface area (Å²) in [6, 6.07) is 3.56. The molecule has 2 aromatic rings. The van der Waals surface area contributed by atoms with Gasteiger partial charge in [-0.2, -0.15) is 22.9 Å². The lowest BCUT2D eigenvalue weighted by Crippen LogP contribution is -2.12. The Hall–Kier alpha value is -2.36. The molecule has 10 heteroatoms. The highest BCUT2D eigenvalue weighted by atomic mass is 32.1. The molecule has 0 bridgehead atoms. The Balaban J connectivity index is 2.42. The number of rotatable bonds is 2. The molecule has 3 N–H and O–H groups in total. The van der Waals surface area contributed by atoms with Crippen molar-refractivity contribution in [3.05, 3.63) is 34.4 Å². The Morgan fingerprint density at radius 1 is 1.35 bits per heavy atom. The lowest BCUT2D eigenvalue weighted by molar-refractivity contribution is -0.147. The Morgan fingerprint density at radius 2 is 2.05 bits per heavy atom. The van der Waals surface area contributed by atoms with E-state index in [0.717, 1.165) is 12.3 Å². The fourth-order valence-corrected chi connectivity index (χ4v) is 1.52. The van der Waals surface area contributed by atoms with Crippen LogP contribution >= 0.6 is 12.2 Å². The fraction of sp³-hybridized carbons (Fsp3) is 0.100. The highest BCUT2D eigenvalue weighted by Crippen LogP contribution is 2.27. The van der Waals surface area contributed by atoms with Crippen LogP contribution in [0.4, 0.5) is 13.2 Å². The predicted octanol–water partition coefficient (Wildman–Crippen LogP) is 2.25. The van der Waals surface area contributed by atoms with Gasteiger partial charge in [-0.25, -0.2) is 5.10 Å². The third-order valence-corrected chi connectivity index (χ3v) is 2.49. The average molecular weight is 304 g/mol. The van der Waals surface area contributed by atoms with Crippen molar-refractivity contribution in [2.24, 2.45) is 5.10 Å². The standard InChI is InChI=1S/C10H7F3N4O2S/c11-10(12,13)8-15-16-9(20)17(8)14-4-5-1-2-6(18)3-7(5)19/h1-4,18-19H,(H,16,20)/b14-4+. The molecule has 1 heterocycles. The van der Waals surface area contributed by atoms with E-state index >= 15 is 0 Å². The molecule has 0 saturated carbocycles. The normalized spacial score (nSPS) is 12.2. The first-order chi connectivity index (χ1) is 9.29. The number of phenolic OH excluding ortho intramolecular Hbond substituents is 2. The van der Waals surface area contributed by atoms with Crippen LogP contribution in [0.1, 0.15) is 11.4 Å². The van der Waals surface area contributed by atoms with Crippen LogP contribution in [0.5, 0.6) is 11.5 Å². The first-order valence-electron chi connectivity index (χ1n) is 5.10. The first-order valence-corrected chi connectivity index (χ1v) is 5.51. The van der Waals surface area contributed by atoms with Gasteiger partial charge in [0.15, 0.2) is 0 Å². The van der Waals surface area contributed by atoms with E-state index in [9.17, 15) is 18.3 Å². The summed E-state index contributed by atoms with van der Waals surface area (Å²) in [6.45, 7) is 0. The molecule has 0 amide bonds. The number of nitrogens with zero attached hydrogens (tertiary/aromatic N) is 3. The molecule has 0 aliphatic rings. The van der Waals surface area contributed by atoms with Crippen LogP contribution in [-0.4, -0.2) is 31.3 Å². The zero-order valence-corrected chi connectivity index (χ0v) is 10.4. The molecule has 1 aromatic carbocycles. The molecule has 0 atom stereocenters. The van der Waals surface area contributed by atoms with E-state index in [4.69, 9.17) is 5.11 Å². The lowest BCUT2D eigenvalue weighted by atomic mass is 10.2. The maximum atomic E-state index is 12.6. The number of H-pyrrole nitrogens is 1. The number of halogens is 3. The molecule has 20 heavy (non-hydrogen) atoms. The molecular weight excluding hydrogens is 297 g/mol. The smallest absolute Gasteiger partial charge is 0.453 e. The monoisotopic (exact) mass is 304 g/mol. The van der Waals surface area contributed by atoms with Crippen LogP contribution in [0, 0.1) is 4.77 Å². The van der Waals surface area contributed by atoms with Gasteiger partial charge < -0.3 is 10.2 Å². The van der Waals surface area contributed by atoms with Crippen LogP contribution in [-0.2, 0) is 6.18 Å². The third kappa shape index (κ3) is 2.79. The van der Waals surface area contributed by atoms with Gasteiger partial charge in [-0.05, 0) is 24.4 Å². The Morgan fingerprint density at radius 3 is 2.65 bits per heavy atom. The number of phenols is 2.